The van der Waals surface area contributed by atoms with Gasteiger partial charge in [-0.3, -0.25) is 14.5 Å². The van der Waals surface area contributed by atoms with Crippen LogP contribution in [0.25, 0.3) is 0 Å². The van der Waals surface area contributed by atoms with Crippen molar-refractivity contribution >= 4 is 34.4 Å². The first-order valence-corrected chi connectivity index (χ1v) is 6.96. The van der Waals surface area contributed by atoms with Crippen molar-refractivity contribution in [2.45, 2.75) is 29.7 Å². The smallest absolute Gasteiger partial charge is 0.261 e. The molecule has 0 saturated carbocycles. The van der Waals surface area contributed by atoms with Crippen LogP contribution in [-0.2, 0) is 11.2 Å². The van der Waals surface area contributed by atoms with Crippen LogP contribution in [0.2, 0.25) is 0 Å². The molecule has 1 aromatic rings. The van der Waals surface area contributed by atoms with E-state index in [1.165, 1.54) is 17.4 Å². The van der Waals surface area contributed by atoms with Crippen molar-refractivity contribution in [2.75, 3.05) is 0 Å². The molecule has 0 unspecified atom stereocenters. The summed E-state index contributed by atoms with van der Waals surface area (Å²) >= 11 is 2.36. The van der Waals surface area contributed by atoms with Gasteiger partial charge in [0, 0.05) is 16.4 Å². The molecular weight excluding hydrogens is 329 g/mol. The van der Waals surface area contributed by atoms with E-state index in [1.54, 1.807) is 0 Å². The predicted molar refractivity (Wildman–Crippen MR) is 72.2 cm³/mol. The second-order valence-electron chi connectivity index (χ2n) is 4.57. The van der Waals surface area contributed by atoms with Gasteiger partial charge in [-0.15, -0.1) is 0 Å². The summed E-state index contributed by atoms with van der Waals surface area (Å²) in [6.07, 6.45) is 2.03. The minimum Gasteiger partial charge on any atom is -0.275 e. The van der Waals surface area contributed by atoms with Crippen molar-refractivity contribution in [3.63, 3.8) is 0 Å². The fraction of sp³-hybridized carbons (Fsp3) is 0.385. The first-order chi connectivity index (χ1) is 8.11. The Hall–Kier alpha value is -0.910. The molecule has 0 aromatic heterocycles. The molecule has 0 fully saturated rings. The summed E-state index contributed by atoms with van der Waals surface area (Å²) in [5.74, 6) is -0.270. The van der Waals surface area contributed by atoms with Crippen molar-refractivity contribution in [3.05, 3.63) is 34.9 Å². The highest BCUT2D eigenvalue weighted by Gasteiger charge is 2.45. The van der Waals surface area contributed by atoms with Crippen molar-refractivity contribution in [1.29, 1.82) is 0 Å². The summed E-state index contributed by atoms with van der Waals surface area (Å²) in [5, 5.41) is 0. The number of aryl methyl sites for hydroxylation is 1. The van der Waals surface area contributed by atoms with Gasteiger partial charge in [0.25, 0.3) is 5.91 Å². The summed E-state index contributed by atoms with van der Waals surface area (Å²) in [6.45, 7) is 1.47. The zero-order valence-corrected chi connectivity index (χ0v) is 11.6. The lowest BCUT2D eigenvalue weighted by molar-refractivity contribution is -0.127. The molecule has 0 N–H and O–H groups in total. The van der Waals surface area contributed by atoms with E-state index in [-0.39, 0.29) is 17.9 Å². The average molecular weight is 341 g/mol. The van der Waals surface area contributed by atoms with Gasteiger partial charge in [-0.1, -0.05) is 34.7 Å². The van der Waals surface area contributed by atoms with Crippen molar-refractivity contribution in [3.8, 4) is 0 Å². The number of amides is 2. The van der Waals surface area contributed by atoms with E-state index in [1.807, 2.05) is 12.1 Å². The molecule has 0 spiro atoms. The molecule has 3 rings (SSSR count). The number of benzene rings is 1. The first kappa shape index (κ1) is 11.2. The topological polar surface area (TPSA) is 37.4 Å². The van der Waals surface area contributed by atoms with Gasteiger partial charge in [-0.2, -0.15) is 0 Å². The fourth-order valence-corrected chi connectivity index (χ4v) is 3.88. The zero-order chi connectivity index (χ0) is 12.2. The van der Waals surface area contributed by atoms with E-state index in [0.29, 0.717) is 3.92 Å². The molecule has 1 aliphatic carbocycles. The van der Waals surface area contributed by atoms with Crippen molar-refractivity contribution < 1.29 is 9.59 Å². The highest BCUT2D eigenvalue weighted by atomic mass is 127. The van der Waals surface area contributed by atoms with Crippen molar-refractivity contribution in [1.82, 2.24) is 4.90 Å². The van der Waals surface area contributed by atoms with Crippen LogP contribution < -0.4 is 0 Å². The molecule has 2 amide bonds. The van der Waals surface area contributed by atoms with E-state index < -0.39 is 0 Å². The van der Waals surface area contributed by atoms with E-state index in [4.69, 9.17) is 0 Å². The molecule has 1 aromatic carbocycles. The third kappa shape index (κ3) is 1.46. The number of alkyl halides is 1. The normalized spacial score (nSPS) is 26.0. The van der Waals surface area contributed by atoms with Gasteiger partial charge in [0.1, 0.15) is 0 Å². The van der Waals surface area contributed by atoms with Crippen LogP contribution in [0, 0.1) is 0 Å². The van der Waals surface area contributed by atoms with Crippen LogP contribution in [0.1, 0.15) is 40.9 Å². The lowest BCUT2D eigenvalue weighted by Gasteiger charge is -2.31. The van der Waals surface area contributed by atoms with Crippen LogP contribution in [0.15, 0.2) is 18.2 Å². The molecule has 4 heteroatoms. The molecular formula is C13H12INO2. The van der Waals surface area contributed by atoms with Crippen LogP contribution in [-0.4, -0.2) is 20.6 Å². The third-order valence-corrected chi connectivity index (χ3v) is 4.89. The Kier molecular flexibility index (Phi) is 2.50. The lowest BCUT2D eigenvalue weighted by atomic mass is 9.87. The van der Waals surface area contributed by atoms with Crippen LogP contribution in [0.3, 0.4) is 0 Å². The average Bonchev–Trinajstić information content (AvgIpc) is 2.60. The summed E-state index contributed by atoms with van der Waals surface area (Å²) in [7, 11) is 0. The highest BCUT2D eigenvalue weighted by Crippen LogP contribution is 2.45. The summed E-state index contributed by atoms with van der Waals surface area (Å²) in [6, 6.07) is 5.79. The monoisotopic (exact) mass is 341 g/mol. The number of nitrogens with zero attached hydrogens (tertiary/aromatic N) is 1. The first-order valence-electron chi connectivity index (χ1n) is 5.71. The van der Waals surface area contributed by atoms with E-state index in [2.05, 4.69) is 28.7 Å². The zero-order valence-electron chi connectivity index (χ0n) is 9.44. The summed E-state index contributed by atoms with van der Waals surface area (Å²) in [5.41, 5.74) is 3.06. The van der Waals surface area contributed by atoms with Gasteiger partial charge >= 0.3 is 0 Å². The maximum Gasteiger partial charge on any atom is 0.261 e. The van der Waals surface area contributed by atoms with Crippen LogP contribution in [0.4, 0.5) is 0 Å². The standard InChI is InChI=1S/C13H12INO2/c1-7(16)15-12-10(14)6-5-8-3-2-4-9(11(8)12)13(15)17/h2-4,10,12H,5-6H2,1H3/t10-,12+/m0/s1. The maximum atomic E-state index is 12.2. The van der Waals surface area contributed by atoms with Gasteiger partial charge in [0.15, 0.2) is 0 Å². The van der Waals surface area contributed by atoms with Crippen LogP contribution >= 0.6 is 22.6 Å². The number of carbonyl (C=O) groups is 2. The molecule has 1 aliphatic heterocycles. The Morgan fingerprint density at radius 2 is 2.24 bits per heavy atom. The molecule has 0 radical (unpaired) electrons. The fourth-order valence-electron chi connectivity index (χ4n) is 2.88. The molecule has 17 heavy (non-hydrogen) atoms. The minimum atomic E-state index is -0.147. The largest absolute Gasteiger partial charge is 0.275 e. The number of rotatable bonds is 0. The second kappa shape index (κ2) is 3.80. The summed E-state index contributed by atoms with van der Waals surface area (Å²) in [4.78, 5) is 25.3. The number of imide groups is 1. The van der Waals surface area contributed by atoms with E-state index in [0.717, 1.165) is 24.0 Å². The quantitative estimate of drug-likeness (QED) is 0.537. The molecule has 2 atom stereocenters. The Bertz CT molecular complexity index is 526. The molecule has 1 heterocycles. The van der Waals surface area contributed by atoms with Gasteiger partial charge in [0.05, 0.1) is 6.04 Å². The Labute approximate surface area is 113 Å². The molecule has 3 nitrogen and oxygen atoms in total. The third-order valence-electron chi connectivity index (χ3n) is 3.59. The van der Waals surface area contributed by atoms with E-state index >= 15 is 0 Å². The van der Waals surface area contributed by atoms with Gasteiger partial charge < -0.3 is 0 Å². The van der Waals surface area contributed by atoms with Crippen LogP contribution in [0.5, 0.6) is 0 Å². The SMILES string of the molecule is CC(=O)N1C(=O)c2cccc3c2[C@H]1[C@@H](I)CC3. The molecule has 88 valence electrons. The Balaban J connectivity index is 2.23. The van der Waals surface area contributed by atoms with E-state index in [9.17, 15) is 9.59 Å². The number of carbonyl (C=O) groups excluding carboxylic acids is 2. The second-order valence-corrected chi connectivity index (χ2v) is 6.17. The lowest BCUT2D eigenvalue weighted by Crippen LogP contribution is -2.37. The molecule has 0 saturated heterocycles. The van der Waals surface area contributed by atoms with Gasteiger partial charge in [0.2, 0.25) is 5.91 Å². The van der Waals surface area contributed by atoms with Gasteiger partial charge in [-0.05, 0) is 30.0 Å². The van der Waals surface area contributed by atoms with Gasteiger partial charge in [-0.25, -0.2) is 0 Å². The Morgan fingerprint density at radius 1 is 1.47 bits per heavy atom. The highest BCUT2D eigenvalue weighted by molar-refractivity contribution is 14.1. The van der Waals surface area contributed by atoms with Crippen molar-refractivity contribution in [2.24, 2.45) is 0 Å². The molecule has 2 aliphatic rings. The minimum absolute atomic E-state index is 0.0412. The predicted octanol–water partition coefficient (Wildman–Crippen LogP) is 2.48. The maximum absolute atomic E-state index is 12.2. The Morgan fingerprint density at radius 3 is 2.94 bits per heavy atom. The number of halogens is 1. The number of hydrogen-bond donors (Lipinski definition) is 0. The molecule has 0 bridgehead atoms. The number of hydrogen-bond acceptors (Lipinski definition) is 2. The summed E-state index contributed by atoms with van der Waals surface area (Å²) < 4.78 is 0.330.